The lowest BCUT2D eigenvalue weighted by atomic mass is 10.2. The van der Waals surface area contributed by atoms with Crippen molar-refractivity contribution in [3.8, 4) is 0 Å². The third kappa shape index (κ3) is 60.2. The topological polar surface area (TPSA) is 197 Å². The zero-order valence-corrected chi connectivity index (χ0v) is 15.1. The number of carbonyl (C=O) groups excluding carboxylic acids is 2. The molecule has 1 aromatic carbocycles. The van der Waals surface area contributed by atoms with Crippen LogP contribution in [-0.2, 0) is 19.2 Å². The van der Waals surface area contributed by atoms with Crippen LogP contribution in [0.2, 0.25) is 0 Å². The van der Waals surface area contributed by atoms with Crippen molar-refractivity contribution in [3.63, 3.8) is 0 Å². The van der Waals surface area contributed by atoms with E-state index in [0.29, 0.717) is 12.8 Å². The van der Waals surface area contributed by atoms with Gasteiger partial charge in [0, 0.05) is 12.8 Å². The van der Waals surface area contributed by atoms with Gasteiger partial charge in [0.15, 0.2) is 0 Å². The Labute approximate surface area is 157 Å². The van der Waals surface area contributed by atoms with Crippen LogP contribution in [0.25, 0.3) is 0 Å². The quantitative estimate of drug-likeness (QED) is 0.240. The minimum Gasteiger partial charge on any atom is -0.481 e. The maximum absolute atomic E-state index is 9.90. The number of rotatable bonds is 6. The van der Waals surface area contributed by atoms with Crippen LogP contribution in [0.4, 0.5) is 0 Å². The van der Waals surface area contributed by atoms with Gasteiger partial charge in [-0.25, -0.2) is 20.4 Å². The second kappa shape index (κ2) is 30.7. The fraction of sp³-hybridized carbons (Fsp3) is 0.412. The molecule has 0 aromatic heterocycles. The highest BCUT2D eigenvalue weighted by Gasteiger charge is 1.99. The minimum atomic E-state index is -0.870. The van der Waals surface area contributed by atoms with Gasteiger partial charge in [0.2, 0.25) is 12.2 Å². The van der Waals surface area contributed by atoms with Crippen molar-refractivity contribution in [1.82, 2.24) is 0 Å². The summed E-state index contributed by atoms with van der Waals surface area (Å²) in [6.07, 6.45) is 2.52. The molecule has 1 rings (SSSR count). The van der Waals surface area contributed by atoms with Gasteiger partial charge >= 0.3 is 11.9 Å². The molecule has 0 fully saturated rings. The molecule has 0 aliphatic carbocycles. The van der Waals surface area contributed by atoms with Crippen molar-refractivity contribution in [1.29, 1.82) is 10.8 Å². The van der Waals surface area contributed by atoms with Crippen molar-refractivity contribution >= 4 is 24.1 Å². The zero-order valence-electron chi connectivity index (χ0n) is 15.1. The number of benzene rings is 1. The van der Waals surface area contributed by atoms with Gasteiger partial charge in [0.05, 0.1) is 13.2 Å². The molecule has 0 amide bonds. The molecule has 1 aromatic rings. The Bertz CT molecular complexity index is 493. The molecule has 0 heterocycles. The molecule has 0 radical (unpaired) electrons. The van der Waals surface area contributed by atoms with E-state index < -0.39 is 11.9 Å². The van der Waals surface area contributed by atoms with Crippen LogP contribution >= 0.6 is 0 Å². The molecule has 0 atom stereocenters. The Morgan fingerprint density at radius 3 is 1.30 bits per heavy atom. The number of unbranched alkanes of at least 4 members (excludes halogenated alkanes) is 1. The van der Waals surface area contributed by atoms with Gasteiger partial charge in [-0.1, -0.05) is 35.9 Å². The Morgan fingerprint density at radius 2 is 1.15 bits per heavy atom. The highest BCUT2D eigenvalue weighted by Crippen LogP contribution is 1.98. The van der Waals surface area contributed by atoms with Crippen molar-refractivity contribution in [2.45, 2.75) is 32.6 Å². The largest absolute Gasteiger partial charge is 0.481 e. The summed E-state index contributed by atoms with van der Waals surface area (Å²) >= 11 is 0. The number of hydrogen-bond donors (Lipinski definition) is 6. The maximum atomic E-state index is 9.90. The van der Waals surface area contributed by atoms with Crippen LogP contribution in [0.5, 0.6) is 0 Å². The zero-order chi connectivity index (χ0) is 21.9. The maximum Gasteiger partial charge on any atom is 0.303 e. The number of aliphatic hydroxyl groups is 2. The lowest BCUT2D eigenvalue weighted by molar-refractivity contribution is -0.139. The number of carbonyl (C=O) groups is 2. The van der Waals surface area contributed by atoms with Gasteiger partial charge in [-0.2, -0.15) is 0 Å². The van der Waals surface area contributed by atoms with Crippen molar-refractivity contribution in [3.05, 3.63) is 35.9 Å². The number of carboxylic acids is 2. The number of aryl methyl sites for hydroxylation is 1. The molecule has 0 unspecified atom stereocenters. The van der Waals surface area contributed by atoms with E-state index in [1.165, 1.54) is 5.56 Å². The number of aliphatic carboxylic acids is 2. The molecule has 0 aliphatic heterocycles. The predicted octanol–water partition coefficient (Wildman–Crippen LogP) is 1.48. The molecule has 10 heteroatoms. The van der Waals surface area contributed by atoms with Crippen molar-refractivity contribution < 1.29 is 39.6 Å². The van der Waals surface area contributed by atoms with E-state index in [1.807, 2.05) is 18.2 Å². The summed E-state index contributed by atoms with van der Waals surface area (Å²) in [6, 6.07) is 10.3. The third-order valence-corrected chi connectivity index (χ3v) is 2.07. The molecule has 10 nitrogen and oxygen atoms in total. The van der Waals surface area contributed by atoms with Crippen LogP contribution in [0.15, 0.2) is 30.3 Å². The monoisotopic (exact) mass is 386 g/mol. The Hall–Kier alpha value is -3.16. The standard InChI is InChI=1S/C7H8.C6H10O4.C2H6O2.2CHNO/c1-7-5-3-2-4-6-7;7-5(8)3-1-2-4-6(9)10;3-1-2-4;2*2-1-3/h2-6H,1H3;1-4H2,(H,7,8)(H,9,10);3-4H,1-2H2;2*2H. The fourth-order valence-corrected chi connectivity index (χ4v) is 1.09. The first kappa shape index (κ1) is 31.6. The number of carboxylic acid groups (broad SMARTS) is 2. The van der Waals surface area contributed by atoms with Crippen molar-refractivity contribution in [2.75, 3.05) is 13.2 Å². The molecular weight excluding hydrogens is 360 g/mol. The molecule has 152 valence electrons. The first-order chi connectivity index (χ1) is 12.8. The van der Waals surface area contributed by atoms with Gasteiger partial charge < -0.3 is 20.4 Å². The lowest BCUT2D eigenvalue weighted by Gasteiger charge is -1.92. The highest BCUT2D eigenvalue weighted by molar-refractivity contribution is 5.67. The first-order valence-corrected chi connectivity index (χ1v) is 7.51. The molecule has 0 spiro atoms. The third-order valence-electron chi connectivity index (χ3n) is 2.07. The summed E-state index contributed by atoms with van der Waals surface area (Å²) in [5.74, 6) is -1.74. The predicted molar refractivity (Wildman–Crippen MR) is 95.9 cm³/mol. The molecular formula is C17H26N2O8. The highest BCUT2D eigenvalue weighted by atomic mass is 16.4. The van der Waals surface area contributed by atoms with E-state index in [2.05, 4.69) is 19.1 Å². The Balaban J connectivity index is -0.000000135. The summed E-state index contributed by atoms with van der Waals surface area (Å²) < 4.78 is 0. The molecule has 27 heavy (non-hydrogen) atoms. The fourth-order valence-electron chi connectivity index (χ4n) is 1.09. The van der Waals surface area contributed by atoms with E-state index in [9.17, 15) is 9.59 Å². The summed E-state index contributed by atoms with van der Waals surface area (Å²) in [5.41, 5.74) is 1.32. The smallest absolute Gasteiger partial charge is 0.303 e. The number of nitrogens with one attached hydrogen (secondary N) is 2. The van der Waals surface area contributed by atoms with Crippen LogP contribution < -0.4 is 0 Å². The Morgan fingerprint density at radius 1 is 0.852 bits per heavy atom. The van der Waals surface area contributed by atoms with Gasteiger partial charge in [-0.3, -0.25) is 9.59 Å². The van der Waals surface area contributed by atoms with E-state index in [0.717, 1.165) is 12.2 Å². The van der Waals surface area contributed by atoms with Crippen LogP contribution in [-0.4, -0.2) is 57.7 Å². The van der Waals surface area contributed by atoms with E-state index in [1.54, 1.807) is 0 Å². The second-order valence-corrected chi connectivity index (χ2v) is 4.30. The van der Waals surface area contributed by atoms with Crippen LogP contribution in [0, 0.1) is 17.7 Å². The number of isocyanates is 2. The summed E-state index contributed by atoms with van der Waals surface area (Å²) in [7, 11) is 0. The summed E-state index contributed by atoms with van der Waals surface area (Å²) in [5, 5.41) is 42.3. The average Bonchev–Trinajstić information content (AvgIpc) is 2.61. The SMILES string of the molecule is Cc1ccccc1.N=C=O.N=C=O.O=C(O)CCCCC(=O)O.OCCO. The van der Waals surface area contributed by atoms with Crippen LogP contribution in [0.1, 0.15) is 31.2 Å². The molecule has 6 N–H and O–H groups in total. The van der Waals surface area contributed by atoms with Gasteiger partial charge in [0.1, 0.15) is 0 Å². The minimum absolute atomic E-state index is 0.0628. The van der Waals surface area contributed by atoms with E-state index in [-0.39, 0.29) is 26.1 Å². The lowest BCUT2D eigenvalue weighted by Crippen LogP contribution is -1.97. The van der Waals surface area contributed by atoms with E-state index >= 15 is 0 Å². The van der Waals surface area contributed by atoms with Crippen molar-refractivity contribution in [2.24, 2.45) is 0 Å². The summed E-state index contributed by atoms with van der Waals surface area (Å²) in [6.45, 7) is 1.83. The summed E-state index contributed by atoms with van der Waals surface area (Å²) in [4.78, 5) is 36.5. The first-order valence-electron chi connectivity index (χ1n) is 7.51. The Kier molecular flexibility index (Phi) is 35.9. The average molecular weight is 386 g/mol. The normalized spacial score (nSPS) is 7.37. The number of aliphatic hydroxyl groups excluding tert-OH is 2. The molecule has 0 saturated heterocycles. The van der Waals surface area contributed by atoms with Gasteiger partial charge in [-0.15, -0.1) is 0 Å². The molecule has 0 aliphatic rings. The molecule has 0 saturated carbocycles. The van der Waals surface area contributed by atoms with E-state index in [4.69, 9.17) is 40.8 Å². The number of hydrogen-bond acceptors (Lipinski definition) is 8. The van der Waals surface area contributed by atoms with Gasteiger partial charge in [0.25, 0.3) is 0 Å². The van der Waals surface area contributed by atoms with Crippen LogP contribution in [0.3, 0.4) is 0 Å². The molecule has 0 bridgehead atoms. The second-order valence-electron chi connectivity index (χ2n) is 4.30. The van der Waals surface area contributed by atoms with Gasteiger partial charge in [-0.05, 0) is 19.8 Å².